The van der Waals surface area contributed by atoms with E-state index in [1.54, 1.807) is 97.7 Å². The van der Waals surface area contributed by atoms with Crippen LogP contribution in [0.3, 0.4) is 0 Å². The first-order valence-electron chi connectivity index (χ1n) is 29.3. The average molecular weight is 1440 g/mol. The van der Waals surface area contributed by atoms with Gasteiger partial charge in [-0.15, -0.1) is 0 Å². The Bertz CT molecular complexity index is 4830. The summed E-state index contributed by atoms with van der Waals surface area (Å²) in [6, 6.07) is 50.1. The first-order chi connectivity index (χ1) is 47.3. The van der Waals surface area contributed by atoms with Crippen LogP contribution in [-0.2, 0) is 61.6 Å². The summed E-state index contributed by atoms with van der Waals surface area (Å²) in [5.41, 5.74) is -1.59. The number of rotatable bonds is 16. The standard InChI is InChI=1S/C25H18F3NO4.C24H16F3NO4.C16H13F3O4.C9H6BrN.CH3/c1-31-24(30)13-16-4-2-6-18(12-16)33-23-9-8-19(14-21(23)25(26,27)28)32-22-7-3-5-17-10-11-29-15-20(17)22;25-24(26,27)20-13-18(31-21-6-2-4-16-9-10-28-14-19(16)21)7-8-22(20)32-17-5-1-3-15(11-17)12-23(29)30;1-22-15(21)8-10-3-2-4-12(7-10)23-14-6-5-11(20)9-13(14)16(17,18)19;10-9-3-1-2-7-4-5-11-6-8(7)9;/h2-12,14-15H,13H2,1H3;1-11,13-14H,12H2,(H,29,30);2-7,9,20H,8H2,1H3;1-6H;1H3/q;;;;-1. The minimum Gasteiger partial charge on any atom is -0.508 e. The van der Waals surface area contributed by atoms with Crippen LogP contribution in [0.2, 0.25) is 0 Å². The van der Waals surface area contributed by atoms with Gasteiger partial charge in [-0.3, -0.25) is 29.3 Å². The van der Waals surface area contributed by atoms with Crippen molar-refractivity contribution < 1.29 is 97.3 Å². The van der Waals surface area contributed by atoms with Crippen molar-refractivity contribution in [2.24, 2.45) is 0 Å². The maximum Gasteiger partial charge on any atom is 0.420 e. The molecule has 3 aromatic heterocycles. The number of phenols is 1. The van der Waals surface area contributed by atoms with Gasteiger partial charge in [0.15, 0.2) is 0 Å². The molecule has 3 heterocycles. The van der Waals surface area contributed by atoms with Crippen LogP contribution in [0.15, 0.2) is 242 Å². The van der Waals surface area contributed by atoms with E-state index in [0.717, 1.165) is 44.9 Å². The number of halogens is 10. The number of ether oxygens (including phenoxy) is 7. The van der Waals surface area contributed by atoms with Crippen molar-refractivity contribution in [2.75, 3.05) is 14.2 Å². The zero-order chi connectivity index (χ0) is 70.9. The minimum absolute atomic E-state index is 0. The lowest BCUT2D eigenvalue weighted by Gasteiger charge is -2.16. The molecule has 25 heteroatoms. The molecule has 15 nitrogen and oxygen atoms in total. The molecule has 0 saturated heterocycles. The molecule has 9 aromatic carbocycles. The summed E-state index contributed by atoms with van der Waals surface area (Å²) in [4.78, 5) is 45.7. The molecule has 0 spiro atoms. The van der Waals surface area contributed by atoms with E-state index in [-0.39, 0.29) is 61.2 Å². The van der Waals surface area contributed by atoms with Gasteiger partial charge in [0, 0.05) is 57.8 Å². The second-order valence-electron chi connectivity index (χ2n) is 21.1. The van der Waals surface area contributed by atoms with Gasteiger partial charge in [-0.2, -0.15) is 39.5 Å². The zero-order valence-corrected chi connectivity index (χ0v) is 54.3. The van der Waals surface area contributed by atoms with Crippen LogP contribution < -0.4 is 23.7 Å². The molecule has 0 unspecified atom stereocenters. The van der Waals surface area contributed by atoms with Gasteiger partial charge in [0.1, 0.15) is 79.9 Å². The number of carbonyl (C=O) groups excluding carboxylic acids is 2. The quantitative estimate of drug-likeness (QED) is 0.0526. The van der Waals surface area contributed by atoms with Crippen molar-refractivity contribution >= 4 is 66.2 Å². The lowest BCUT2D eigenvalue weighted by atomic mass is 10.1. The molecule has 0 bridgehead atoms. The second kappa shape index (κ2) is 33.5. The average Bonchev–Trinajstić information content (AvgIpc) is 0.815. The monoisotopic (exact) mass is 1440 g/mol. The molecule has 0 radical (unpaired) electrons. The Morgan fingerprint density at radius 3 is 1.10 bits per heavy atom. The number of carbonyl (C=O) groups is 3. The number of carboxylic acid groups (broad SMARTS) is 1. The van der Waals surface area contributed by atoms with Gasteiger partial charge in [0.05, 0.1) is 33.5 Å². The van der Waals surface area contributed by atoms with Gasteiger partial charge in [0.25, 0.3) is 0 Å². The highest BCUT2D eigenvalue weighted by atomic mass is 79.9. The molecule has 0 aliphatic carbocycles. The Morgan fingerprint density at radius 1 is 0.390 bits per heavy atom. The highest BCUT2D eigenvalue weighted by molar-refractivity contribution is 9.10. The van der Waals surface area contributed by atoms with E-state index in [0.29, 0.717) is 45.0 Å². The molecule has 0 aliphatic rings. The number of fused-ring (bicyclic) bond motifs is 3. The minimum atomic E-state index is -4.70. The Hall–Kier alpha value is -11.7. The third-order valence-corrected chi connectivity index (χ3v) is 14.7. The Kier molecular flexibility index (Phi) is 24.8. The van der Waals surface area contributed by atoms with E-state index in [1.807, 2.05) is 36.5 Å². The highest BCUT2D eigenvalue weighted by Gasteiger charge is 2.37. The van der Waals surface area contributed by atoms with Crippen LogP contribution in [-0.4, -0.2) is 57.3 Å². The number of aliphatic carboxylic acids is 1. The Balaban J connectivity index is 0.000000178. The second-order valence-corrected chi connectivity index (χ2v) is 21.9. The topological polar surface area (TPSA) is 195 Å². The highest BCUT2D eigenvalue weighted by Crippen LogP contribution is 2.45. The first kappa shape index (κ1) is 74.1. The number of pyridine rings is 3. The molecule has 0 aliphatic heterocycles. The maximum absolute atomic E-state index is 13.8. The number of hydrogen-bond donors (Lipinski definition) is 2. The van der Waals surface area contributed by atoms with Gasteiger partial charge in [-0.25, -0.2) is 0 Å². The van der Waals surface area contributed by atoms with Crippen molar-refractivity contribution in [3.63, 3.8) is 0 Å². The number of esters is 2. The summed E-state index contributed by atoms with van der Waals surface area (Å²) in [7, 11) is 2.51. The van der Waals surface area contributed by atoms with E-state index >= 15 is 0 Å². The molecule has 100 heavy (non-hydrogen) atoms. The van der Waals surface area contributed by atoms with E-state index in [1.165, 1.54) is 86.3 Å². The lowest BCUT2D eigenvalue weighted by Crippen LogP contribution is -2.08. The normalized spacial score (nSPS) is 11.0. The molecule has 0 atom stereocenters. The Labute approximate surface area is 573 Å². The van der Waals surface area contributed by atoms with Crippen molar-refractivity contribution in [2.45, 2.75) is 37.8 Å². The van der Waals surface area contributed by atoms with Crippen molar-refractivity contribution in [1.82, 2.24) is 15.0 Å². The number of aromatic nitrogens is 3. The van der Waals surface area contributed by atoms with E-state index in [2.05, 4.69) is 46.4 Å². The molecule has 514 valence electrons. The summed E-state index contributed by atoms with van der Waals surface area (Å²) >= 11 is 3.46. The third-order valence-electron chi connectivity index (χ3n) is 14.0. The fourth-order valence-electron chi connectivity index (χ4n) is 9.46. The molecule has 0 amide bonds. The number of carboxylic acids is 1. The van der Waals surface area contributed by atoms with Crippen LogP contribution >= 0.6 is 15.9 Å². The summed E-state index contributed by atoms with van der Waals surface area (Å²) < 4.78 is 160. The third kappa shape index (κ3) is 20.7. The fourth-order valence-corrected chi connectivity index (χ4v) is 9.95. The largest absolute Gasteiger partial charge is 0.508 e. The number of hydrogen-bond acceptors (Lipinski definition) is 14. The van der Waals surface area contributed by atoms with Crippen molar-refractivity contribution in [3.8, 4) is 63.2 Å². The summed E-state index contributed by atoms with van der Waals surface area (Å²) in [5.74, 6) is -2.58. The molecular weight excluding hydrogens is 1390 g/mol. The molecule has 12 aromatic rings. The summed E-state index contributed by atoms with van der Waals surface area (Å²) in [6.45, 7) is 0. The van der Waals surface area contributed by atoms with Gasteiger partial charge in [0.2, 0.25) is 0 Å². The predicted octanol–water partition coefficient (Wildman–Crippen LogP) is 20.4. The van der Waals surface area contributed by atoms with E-state index in [4.69, 9.17) is 28.8 Å². The number of alkyl halides is 9. The first-order valence-corrected chi connectivity index (χ1v) is 30.1. The lowest BCUT2D eigenvalue weighted by molar-refractivity contribution is -0.140. The van der Waals surface area contributed by atoms with E-state index < -0.39 is 70.4 Å². The van der Waals surface area contributed by atoms with E-state index in [9.17, 15) is 59.0 Å². The number of methoxy groups -OCH3 is 2. The van der Waals surface area contributed by atoms with Gasteiger partial charge >= 0.3 is 36.4 Å². The number of phenolic OH excluding ortho intramolecular Hbond substituents is 1. The Morgan fingerprint density at radius 2 is 0.720 bits per heavy atom. The zero-order valence-electron chi connectivity index (χ0n) is 52.7. The van der Waals surface area contributed by atoms with Crippen LogP contribution in [0, 0.1) is 7.43 Å². The van der Waals surface area contributed by atoms with Crippen LogP contribution in [0.4, 0.5) is 39.5 Å². The molecule has 0 fully saturated rings. The summed E-state index contributed by atoms with van der Waals surface area (Å²) in [5, 5.41) is 23.6. The summed E-state index contributed by atoms with van der Waals surface area (Å²) in [6.07, 6.45) is -4.28. The molecule has 0 saturated carbocycles. The van der Waals surface area contributed by atoms with Gasteiger partial charge in [-0.1, -0.05) is 88.7 Å². The maximum atomic E-state index is 13.8. The molecule has 12 rings (SSSR count). The van der Waals surface area contributed by atoms with Crippen LogP contribution in [0.25, 0.3) is 32.3 Å². The van der Waals surface area contributed by atoms with Crippen molar-refractivity contribution in [1.29, 1.82) is 0 Å². The smallest absolute Gasteiger partial charge is 0.420 e. The molecular formula is C75H56BrF9N3O12-. The number of benzene rings is 9. The SMILES string of the molecule is Brc1cccc2ccncc12.COC(=O)Cc1cccc(Oc2ccc(O)cc2C(F)(F)F)c1.COC(=O)Cc1cccc(Oc2ccc(Oc3cccc4ccncc34)cc2C(F)(F)F)c1.O=C(O)Cc1cccc(Oc2ccc(Oc3cccc4ccncc34)cc2C(F)(F)F)c1.[CH3-]. The van der Waals surface area contributed by atoms with Crippen LogP contribution in [0.1, 0.15) is 33.4 Å². The van der Waals surface area contributed by atoms with Crippen LogP contribution in [0.5, 0.6) is 63.2 Å². The van der Waals surface area contributed by atoms with Gasteiger partial charge in [-0.05, 0) is 160 Å². The predicted molar refractivity (Wildman–Crippen MR) is 358 cm³/mol. The number of aromatic hydroxyl groups is 1. The fraction of sp³-hybridized carbons (Fsp3) is 0.107. The molecule has 2 N–H and O–H groups in total. The van der Waals surface area contributed by atoms with Gasteiger partial charge < -0.3 is 50.8 Å². The number of nitrogens with zero attached hydrogens (tertiary/aromatic N) is 3. The van der Waals surface area contributed by atoms with Crippen molar-refractivity contribution in [3.05, 3.63) is 283 Å².